The zero-order chi connectivity index (χ0) is 25.2. The predicted octanol–water partition coefficient (Wildman–Crippen LogP) is 4.34. The lowest BCUT2D eigenvalue weighted by Gasteiger charge is -2.29. The normalized spacial score (nSPS) is 14.7. The Morgan fingerprint density at radius 2 is 1.74 bits per heavy atom. The molecule has 9 heteroatoms. The van der Waals surface area contributed by atoms with Crippen LogP contribution in [-0.2, 0) is 26.2 Å². The molecule has 1 aliphatic rings. The molecule has 0 radical (unpaired) electrons. The number of carbonyl (C=O) groups is 2. The molecule has 2 amide bonds. The van der Waals surface area contributed by atoms with Gasteiger partial charge in [-0.25, -0.2) is 8.42 Å². The van der Waals surface area contributed by atoms with Crippen LogP contribution in [0.15, 0.2) is 65.6 Å². The molecule has 184 valence electrons. The summed E-state index contributed by atoms with van der Waals surface area (Å²) in [4.78, 5) is 27.6. The van der Waals surface area contributed by atoms with E-state index in [0.717, 1.165) is 16.3 Å². The summed E-state index contributed by atoms with van der Waals surface area (Å²) in [5.74, 6) is -0.454. The number of hydrogen-bond acceptors (Lipinski definition) is 4. The molecule has 3 aromatic rings. The lowest BCUT2D eigenvalue weighted by atomic mass is 10.1. The van der Waals surface area contributed by atoms with E-state index in [-0.39, 0.29) is 31.3 Å². The summed E-state index contributed by atoms with van der Waals surface area (Å²) in [5, 5.41) is 4.94. The standard InChI is InChI=1S/C26H28ClN3O4S/c1-3-28-26(32)18(2)29(17-19-12-14-21(27)15-13-19)24(31)11-6-16-30-22-9-4-7-20-8-5-10-23(25(20)22)35(30,33)34/h4-5,7-10,12-15,18H,3,6,11,16-17H2,1-2H3,(H,28,32)/t18-/m1/s1. The van der Waals surface area contributed by atoms with Crippen molar-refractivity contribution in [3.63, 3.8) is 0 Å². The van der Waals surface area contributed by atoms with Crippen molar-refractivity contribution in [2.45, 2.75) is 44.2 Å². The summed E-state index contributed by atoms with van der Waals surface area (Å²) in [5.41, 5.74) is 1.49. The van der Waals surface area contributed by atoms with Gasteiger partial charge in [-0.05, 0) is 55.5 Å². The molecule has 3 aromatic carbocycles. The van der Waals surface area contributed by atoms with Crippen molar-refractivity contribution in [3.05, 3.63) is 71.2 Å². The number of amides is 2. The van der Waals surface area contributed by atoms with Crippen molar-refractivity contribution >= 4 is 49.9 Å². The van der Waals surface area contributed by atoms with Crippen molar-refractivity contribution in [3.8, 4) is 0 Å². The molecular formula is C26H28ClN3O4S. The Kier molecular flexibility index (Phi) is 7.33. The van der Waals surface area contributed by atoms with Gasteiger partial charge in [0.1, 0.15) is 6.04 Å². The van der Waals surface area contributed by atoms with Crippen LogP contribution in [0.5, 0.6) is 0 Å². The maximum absolute atomic E-state index is 13.3. The molecule has 1 heterocycles. The quantitative estimate of drug-likeness (QED) is 0.461. The largest absolute Gasteiger partial charge is 0.355 e. The lowest BCUT2D eigenvalue weighted by molar-refractivity contribution is -0.140. The third-order valence-electron chi connectivity index (χ3n) is 6.22. The molecule has 0 bridgehead atoms. The van der Waals surface area contributed by atoms with Gasteiger partial charge in [0.15, 0.2) is 0 Å². The molecule has 0 spiro atoms. The zero-order valence-electron chi connectivity index (χ0n) is 19.7. The number of carbonyl (C=O) groups excluding carboxylic acids is 2. The van der Waals surface area contributed by atoms with Crippen molar-refractivity contribution in [1.29, 1.82) is 0 Å². The van der Waals surface area contributed by atoms with E-state index in [4.69, 9.17) is 11.6 Å². The molecule has 0 aliphatic carbocycles. The lowest BCUT2D eigenvalue weighted by Crippen LogP contribution is -2.47. The molecule has 7 nitrogen and oxygen atoms in total. The topological polar surface area (TPSA) is 86.8 Å². The number of nitrogens with one attached hydrogen (secondary N) is 1. The number of sulfonamides is 1. The number of likely N-dealkylation sites (N-methyl/N-ethyl adjacent to an activating group) is 1. The molecule has 0 saturated carbocycles. The molecule has 0 saturated heterocycles. The van der Waals surface area contributed by atoms with E-state index in [1.54, 1.807) is 37.3 Å². The molecule has 0 aromatic heterocycles. The second kappa shape index (κ2) is 10.3. The van der Waals surface area contributed by atoms with Crippen molar-refractivity contribution in [1.82, 2.24) is 10.2 Å². The Morgan fingerprint density at radius 3 is 2.43 bits per heavy atom. The SMILES string of the molecule is CCNC(=O)[C@@H](C)N(Cc1ccc(Cl)cc1)C(=O)CCCN1c2cccc3cccc(c23)S1(=O)=O. The fourth-order valence-electron chi connectivity index (χ4n) is 4.41. The number of rotatable bonds is 9. The second-order valence-electron chi connectivity index (χ2n) is 8.53. The van der Waals surface area contributed by atoms with E-state index in [0.29, 0.717) is 28.6 Å². The molecule has 1 aliphatic heterocycles. The highest BCUT2D eigenvalue weighted by molar-refractivity contribution is 7.93. The van der Waals surface area contributed by atoms with Crippen LogP contribution >= 0.6 is 11.6 Å². The minimum Gasteiger partial charge on any atom is -0.355 e. The van der Waals surface area contributed by atoms with Crippen LogP contribution in [0.3, 0.4) is 0 Å². The molecule has 35 heavy (non-hydrogen) atoms. The van der Waals surface area contributed by atoms with Gasteiger partial charge < -0.3 is 10.2 Å². The van der Waals surface area contributed by atoms with Gasteiger partial charge in [0, 0.05) is 36.5 Å². The van der Waals surface area contributed by atoms with Crippen molar-refractivity contribution in [2.24, 2.45) is 0 Å². The van der Waals surface area contributed by atoms with E-state index in [2.05, 4.69) is 5.32 Å². The minimum absolute atomic E-state index is 0.107. The summed E-state index contributed by atoms with van der Waals surface area (Å²) >= 11 is 5.98. The van der Waals surface area contributed by atoms with Crippen LogP contribution in [0, 0.1) is 0 Å². The van der Waals surface area contributed by atoms with E-state index in [1.807, 2.05) is 37.3 Å². The van der Waals surface area contributed by atoms with E-state index >= 15 is 0 Å². The maximum atomic E-state index is 13.3. The Balaban J connectivity index is 1.49. The van der Waals surface area contributed by atoms with Crippen molar-refractivity contribution in [2.75, 3.05) is 17.4 Å². The van der Waals surface area contributed by atoms with Gasteiger partial charge in [-0.15, -0.1) is 0 Å². The van der Waals surface area contributed by atoms with E-state index in [9.17, 15) is 18.0 Å². The summed E-state index contributed by atoms with van der Waals surface area (Å²) in [6.07, 6.45) is 0.428. The smallest absolute Gasteiger partial charge is 0.265 e. The number of hydrogen-bond donors (Lipinski definition) is 1. The fourth-order valence-corrected chi connectivity index (χ4v) is 6.28. The summed E-state index contributed by atoms with van der Waals surface area (Å²) < 4.78 is 27.7. The first-order valence-electron chi connectivity index (χ1n) is 11.6. The van der Waals surface area contributed by atoms with Gasteiger partial charge >= 0.3 is 0 Å². The molecule has 1 N–H and O–H groups in total. The first-order valence-corrected chi connectivity index (χ1v) is 13.4. The first-order chi connectivity index (χ1) is 16.7. The van der Waals surface area contributed by atoms with Gasteiger partial charge in [-0.2, -0.15) is 0 Å². The van der Waals surface area contributed by atoms with Gasteiger partial charge in [-0.1, -0.05) is 48.0 Å². The Labute approximate surface area is 210 Å². The average Bonchev–Trinajstić information content (AvgIpc) is 3.06. The number of halogens is 1. The van der Waals surface area contributed by atoms with E-state index in [1.165, 1.54) is 9.21 Å². The van der Waals surface area contributed by atoms with Crippen LogP contribution in [-0.4, -0.2) is 44.3 Å². The van der Waals surface area contributed by atoms with Gasteiger partial charge in [0.25, 0.3) is 10.0 Å². The number of benzene rings is 3. The van der Waals surface area contributed by atoms with Gasteiger partial charge in [-0.3, -0.25) is 13.9 Å². The zero-order valence-corrected chi connectivity index (χ0v) is 21.3. The third-order valence-corrected chi connectivity index (χ3v) is 8.33. The third kappa shape index (κ3) is 4.99. The van der Waals surface area contributed by atoms with Crippen molar-refractivity contribution < 1.29 is 18.0 Å². The van der Waals surface area contributed by atoms with Crippen LogP contribution in [0.25, 0.3) is 10.8 Å². The highest BCUT2D eigenvalue weighted by Gasteiger charge is 2.35. The molecule has 0 unspecified atom stereocenters. The number of anilines is 1. The predicted molar refractivity (Wildman–Crippen MR) is 138 cm³/mol. The van der Waals surface area contributed by atoms with Gasteiger partial charge in [0.05, 0.1) is 10.6 Å². The first kappa shape index (κ1) is 25.0. The maximum Gasteiger partial charge on any atom is 0.265 e. The minimum atomic E-state index is -3.67. The van der Waals surface area contributed by atoms with Crippen LogP contribution in [0.1, 0.15) is 32.3 Å². The molecule has 0 fully saturated rings. The monoisotopic (exact) mass is 513 g/mol. The average molecular weight is 514 g/mol. The highest BCUT2D eigenvalue weighted by Crippen LogP contribution is 2.42. The number of nitrogens with zero attached hydrogens (tertiary/aromatic N) is 2. The second-order valence-corrected chi connectivity index (χ2v) is 10.8. The molecule has 1 atom stereocenters. The molecular weight excluding hydrogens is 486 g/mol. The van der Waals surface area contributed by atoms with E-state index < -0.39 is 16.1 Å². The Hall–Kier alpha value is -3.10. The van der Waals surface area contributed by atoms with Crippen LogP contribution < -0.4 is 9.62 Å². The Bertz CT molecular complexity index is 1350. The summed E-state index contributed by atoms with van der Waals surface area (Å²) in [6, 6.07) is 17.2. The Morgan fingerprint density at radius 1 is 1.06 bits per heavy atom. The fraction of sp³-hybridized carbons (Fsp3) is 0.308. The van der Waals surface area contributed by atoms with Gasteiger partial charge in [0.2, 0.25) is 11.8 Å². The molecule has 4 rings (SSSR count). The van der Waals surface area contributed by atoms with Crippen LogP contribution in [0.2, 0.25) is 5.02 Å². The summed E-state index contributed by atoms with van der Waals surface area (Å²) in [7, 11) is -3.67. The highest BCUT2D eigenvalue weighted by atomic mass is 35.5. The summed E-state index contributed by atoms with van der Waals surface area (Å²) in [6.45, 7) is 4.41. The van der Waals surface area contributed by atoms with Crippen LogP contribution in [0.4, 0.5) is 5.69 Å².